The van der Waals surface area contributed by atoms with Gasteiger partial charge in [0.1, 0.15) is 6.54 Å². The number of nitrogens with zero attached hydrogens (tertiary/aromatic N) is 1. The lowest BCUT2D eigenvalue weighted by Gasteiger charge is -2.20. The molecule has 1 aliphatic heterocycles. The molecule has 23 heavy (non-hydrogen) atoms. The van der Waals surface area contributed by atoms with E-state index in [0.717, 1.165) is 4.90 Å². The van der Waals surface area contributed by atoms with Crippen molar-refractivity contribution >= 4 is 29.3 Å². The van der Waals surface area contributed by atoms with Gasteiger partial charge in [0.15, 0.2) is 6.61 Å². The normalized spacial score (nSPS) is 13.8. The van der Waals surface area contributed by atoms with Crippen molar-refractivity contribution in [1.29, 1.82) is 0 Å². The van der Waals surface area contributed by atoms with E-state index in [0.29, 0.717) is 5.69 Å². The van der Waals surface area contributed by atoms with Crippen molar-refractivity contribution in [1.82, 2.24) is 5.32 Å². The van der Waals surface area contributed by atoms with Crippen LogP contribution in [0.25, 0.3) is 0 Å². The molecule has 1 N–H and O–H groups in total. The Hall–Kier alpha value is -2.70. The quantitative estimate of drug-likeness (QED) is 0.651. The maximum atomic E-state index is 11.9. The average molecular weight is 318 g/mol. The first-order chi connectivity index (χ1) is 10.7. The van der Waals surface area contributed by atoms with Gasteiger partial charge in [-0.3, -0.25) is 24.1 Å². The van der Waals surface area contributed by atoms with E-state index in [1.54, 1.807) is 39.0 Å². The molecule has 122 valence electrons. The second-order valence-corrected chi connectivity index (χ2v) is 6.20. The van der Waals surface area contributed by atoms with E-state index in [2.05, 4.69) is 5.32 Å². The molecule has 0 aliphatic carbocycles. The zero-order valence-electron chi connectivity index (χ0n) is 13.2. The first-order valence-corrected chi connectivity index (χ1v) is 7.11. The lowest BCUT2D eigenvalue weighted by Crippen LogP contribution is -2.43. The molecule has 0 spiro atoms. The molecule has 1 heterocycles. The number of hydrogen-bond donors (Lipinski definition) is 1. The number of esters is 1. The molecule has 0 radical (unpaired) electrons. The van der Waals surface area contributed by atoms with Crippen LogP contribution in [0.2, 0.25) is 0 Å². The highest BCUT2D eigenvalue weighted by Gasteiger charge is 2.36. The van der Waals surface area contributed by atoms with Crippen LogP contribution in [0.4, 0.5) is 5.69 Å². The van der Waals surface area contributed by atoms with Crippen LogP contribution in [-0.2, 0) is 19.1 Å². The van der Waals surface area contributed by atoms with Gasteiger partial charge in [-0.05, 0) is 32.9 Å². The molecule has 0 aromatic heterocycles. The Morgan fingerprint density at radius 2 is 1.83 bits per heavy atom. The summed E-state index contributed by atoms with van der Waals surface area (Å²) in [6.07, 6.45) is 0. The summed E-state index contributed by atoms with van der Waals surface area (Å²) in [6.45, 7) is 4.56. The molecule has 0 bridgehead atoms. The van der Waals surface area contributed by atoms with Gasteiger partial charge in [-0.25, -0.2) is 0 Å². The summed E-state index contributed by atoms with van der Waals surface area (Å²) in [6, 6.07) is 6.41. The van der Waals surface area contributed by atoms with Gasteiger partial charge in [0.25, 0.3) is 17.6 Å². The van der Waals surface area contributed by atoms with Gasteiger partial charge in [0.2, 0.25) is 0 Å². The largest absolute Gasteiger partial charge is 0.454 e. The minimum Gasteiger partial charge on any atom is -0.454 e. The molecule has 1 aromatic rings. The van der Waals surface area contributed by atoms with Gasteiger partial charge in [-0.2, -0.15) is 0 Å². The van der Waals surface area contributed by atoms with E-state index >= 15 is 0 Å². The number of ketones is 1. The molecular formula is C16H18N2O5. The Labute approximate surface area is 133 Å². The molecule has 0 atom stereocenters. The van der Waals surface area contributed by atoms with E-state index in [-0.39, 0.29) is 5.56 Å². The van der Waals surface area contributed by atoms with E-state index < -0.39 is 42.3 Å². The van der Waals surface area contributed by atoms with Crippen LogP contribution in [0.1, 0.15) is 31.1 Å². The average Bonchev–Trinajstić information content (AvgIpc) is 2.69. The highest BCUT2D eigenvalue weighted by Crippen LogP contribution is 2.28. The molecular weight excluding hydrogens is 300 g/mol. The Kier molecular flexibility index (Phi) is 4.49. The Balaban J connectivity index is 1.95. The number of Topliss-reactive ketones (excluding diaryl/α,β-unsaturated/α-hetero) is 1. The maximum Gasteiger partial charge on any atom is 0.326 e. The second kappa shape index (κ2) is 6.20. The number of amides is 2. The fraction of sp³-hybridized carbons (Fsp3) is 0.375. The summed E-state index contributed by atoms with van der Waals surface area (Å²) in [5.41, 5.74) is 0.203. The molecule has 0 saturated carbocycles. The third-order valence-corrected chi connectivity index (χ3v) is 3.04. The smallest absolute Gasteiger partial charge is 0.326 e. The van der Waals surface area contributed by atoms with Gasteiger partial charge >= 0.3 is 5.97 Å². The zero-order valence-corrected chi connectivity index (χ0v) is 13.2. The zero-order chi connectivity index (χ0) is 17.2. The Morgan fingerprint density at radius 3 is 2.48 bits per heavy atom. The van der Waals surface area contributed by atoms with Crippen LogP contribution >= 0.6 is 0 Å². The minimum atomic E-state index is -0.776. The van der Waals surface area contributed by atoms with Crippen molar-refractivity contribution in [2.24, 2.45) is 0 Å². The third kappa shape index (κ3) is 3.94. The molecule has 0 saturated heterocycles. The van der Waals surface area contributed by atoms with Crippen LogP contribution in [0, 0.1) is 0 Å². The molecule has 0 fully saturated rings. The van der Waals surface area contributed by atoms with Gasteiger partial charge in [0, 0.05) is 5.54 Å². The van der Waals surface area contributed by atoms with Crippen molar-refractivity contribution in [3.63, 3.8) is 0 Å². The SMILES string of the molecule is CC(C)(C)NC(=O)COC(=O)CN1C(=O)C(=O)c2ccccc21. The Morgan fingerprint density at radius 1 is 1.17 bits per heavy atom. The molecule has 1 aliphatic rings. The molecule has 7 heteroatoms. The van der Waals surface area contributed by atoms with Crippen molar-refractivity contribution in [3.8, 4) is 0 Å². The summed E-state index contributed by atoms with van der Waals surface area (Å²) < 4.78 is 4.85. The van der Waals surface area contributed by atoms with Crippen molar-refractivity contribution in [3.05, 3.63) is 29.8 Å². The highest BCUT2D eigenvalue weighted by atomic mass is 16.5. The van der Waals surface area contributed by atoms with E-state index in [1.165, 1.54) is 6.07 Å². The fourth-order valence-electron chi connectivity index (χ4n) is 2.18. The van der Waals surface area contributed by atoms with Gasteiger partial charge in [-0.1, -0.05) is 12.1 Å². The van der Waals surface area contributed by atoms with E-state index in [4.69, 9.17) is 4.74 Å². The van der Waals surface area contributed by atoms with Crippen LogP contribution in [0.3, 0.4) is 0 Å². The van der Waals surface area contributed by atoms with Gasteiger partial charge < -0.3 is 10.1 Å². The molecule has 2 amide bonds. The highest BCUT2D eigenvalue weighted by molar-refractivity contribution is 6.52. The number of benzene rings is 1. The number of carbonyl (C=O) groups is 4. The predicted molar refractivity (Wildman–Crippen MR) is 82.0 cm³/mol. The summed E-state index contributed by atoms with van der Waals surface area (Å²) in [5, 5.41) is 2.65. The molecule has 1 aromatic carbocycles. The number of carbonyl (C=O) groups excluding carboxylic acids is 4. The molecule has 7 nitrogen and oxygen atoms in total. The second-order valence-electron chi connectivity index (χ2n) is 6.20. The molecule has 2 rings (SSSR count). The van der Waals surface area contributed by atoms with Crippen molar-refractivity contribution in [2.75, 3.05) is 18.1 Å². The van der Waals surface area contributed by atoms with Crippen LogP contribution in [-0.4, -0.2) is 42.3 Å². The van der Waals surface area contributed by atoms with E-state index in [1.807, 2.05) is 0 Å². The number of nitrogens with one attached hydrogen (secondary N) is 1. The lowest BCUT2D eigenvalue weighted by atomic mass is 10.1. The first kappa shape index (κ1) is 16.7. The lowest BCUT2D eigenvalue weighted by molar-refractivity contribution is -0.147. The van der Waals surface area contributed by atoms with Crippen LogP contribution < -0.4 is 10.2 Å². The molecule has 0 unspecified atom stereocenters. The summed E-state index contributed by atoms with van der Waals surface area (Å²) >= 11 is 0. The number of rotatable bonds is 4. The number of fused-ring (bicyclic) bond motifs is 1. The van der Waals surface area contributed by atoms with Gasteiger partial charge in [0.05, 0.1) is 11.3 Å². The number of para-hydroxylation sites is 1. The van der Waals surface area contributed by atoms with Crippen molar-refractivity contribution < 1.29 is 23.9 Å². The van der Waals surface area contributed by atoms with Crippen LogP contribution in [0.15, 0.2) is 24.3 Å². The predicted octanol–water partition coefficient (Wildman–Crippen LogP) is 0.674. The minimum absolute atomic E-state index is 0.260. The topological polar surface area (TPSA) is 92.8 Å². The monoisotopic (exact) mass is 318 g/mol. The fourth-order valence-corrected chi connectivity index (χ4v) is 2.18. The standard InChI is InChI=1S/C16H18N2O5/c1-16(2,3)17-12(19)9-23-13(20)8-18-11-7-5-4-6-10(11)14(21)15(18)22/h4-7H,8-9H2,1-3H3,(H,17,19). The summed E-state index contributed by atoms with van der Waals surface area (Å²) in [5.74, 6) is -2.62. The Bertz CT molecular complexity index is 675. The summed E-state index contributed by atoms with van der Waals surface area (Å²) in [4.78, 5) is 48.2. The van der Waals surface area contributed by atoms with E-state index in [9.17, 15) is 19.2 Å². The third-order valence-electron chi connectivity index (χ3n) is 3.04. The maximum absolute atomic E-state index is 11.9. The number of ether oxygens (including phenoxy) is 1. The number of anilines is 1. The van der Waals surface area contributed by atoms with Gasteiger partial charge in [-0.15, -0.1) is 0 Å². The van der Waals surface area contributed by atoms with Crippen molar-refractivity contribution in [2.45, 2.75) is 26.3 Å². The first-order valence-electron chi connectivity index (χ1n) is 7.11. The summed E-state index contributed by atoms with van der Waals surface area (Å²) in [7, 11) is 0. The number of hydrogen-bond acceptors (Lipinski definition) is 5. The van der Waals surface area contributed by atoms with Crippen LogP contribution in [0.5, 0.6) is 0 Å².